The Hall–Kier alpha value is -3.13. The largest absolute Gasteiger partial charge is 0.383 e. The van der Waals surface area contributed by atoms with Gasteiger partial charge in [0.15, 0.2) is 5.16 Å². The van der Waals surface area contributed by atoms with E-state index < -0.39 is 22.9 Å². The first-order valence-electron chi connectivity index (χ1n) is 8.27. The van der Waals surface area contributed by atoms with Crippen molar-refractivity contribution in [2.24, 2.45) is 0 Å². The zero-order valence-electron chi connectivity index (χ0n) is 14.4. The summed E-state index contributed by atoms with van der Waals surface area (Å²) in [5, 5.41) is 11.5. The summed E-state index contributed by atoms with van der Waals surface area (Å²) in [6.45, 7) is -0.435. The smallest absolute Gasteiger partial charge is 0.257 e. The summed E-state index contributed by atoms with van der Waals surface area (Å²) in [5.74, 6) is -0.116. The molecule has 0 saturated heterocycles. The van der Waals surface area contributed by atoms with Gasteiger partial charge in [-0.15, -0.1) is 0 Å². The van der Waals surface area contributed by atoms with Gasteiger partial charge in [-0.2, -0.15) is 0 Å². The van der Waals surface area contributed by atoms with Gasteiger partial charge in [0.1, 0.15) is 5.82 Å². The summed E-state index contributed by atoms with van der Waals surface area (Å²) in [5.41, 5.74) is 7.45. The van der Waals surface area contributed by atoms with Gasteiger partial charge in [-0.1, -0.05) is 72.4 Å². The highest BCUT2D eigenvalue weighted by Crippen LogP contribution is 2.27. The van der Waals surface area contributed by atoms with E-state index in [1.54, 1.807) is 24.3 Å². The van der Waals surface area contributed by atoms with E-state index in [4.69, 9.17) is 5.73 Å². The van der Waals surface area contributed by atoms with Crippen molar-refractivity contribution in [2.45, 2.75) is 16.8 Å². The predicted octanol–water partition coefficient (Wildman–Crippen LogP) is 3.05. The molecule has 8 heteroatoms. The van der Waals surface area contributed by atoms with Crippen LogP contribution in [0.5, 0.6) is 0 Å². The van der Waals surface area contributed by atoms with Crippen molar-refractivity contribution in [1.29, 1.82) is 0 Å². The number of nitrogen functional groups attached to an aromatic ring is 1. The lowest BCUT2D eigenvalue weighted by molar-refractivity contribution is -0.481. The molecular formula is C19H18N4O3S. The van der Waals surface area contributed by atoms with Gasteiger partial charge >= 0.3 is 0 Å². The van der Waals surface area contributed by atoms with E-state index >= 15 is 0 Å². The zero-order valence-corrected chi connectivity index (χ0v) is 15.2. The molecule has 3 aromatic rings. The van der Waals surface area contributed by atoms with Crippen molar-refractivity contribution in [1.82, 2.24) is 9.97 Å². The Kier molecular flexibility index (Phi) is 5.87. The summed E-state index contributed by atoms with van der Waals surface area (Å²) in [4.78, 5) is 30.3. The minimum atomic E-state index is -0.759. The highest BCUT2D eigenvalue weighted by molar-refractivity contribution is 7.98. The Morgan fingerprint density at radius 1 is 1.11 bits per heavy atom. The van der Waals surface area contributed by atoms with E-state index in [-0.39, 0.29) is 11.4 Å². The SMILES string of the molecule is Nc1nc(SCc2ccccc2)[nH]c(=O)c1C(C[N+](=O)[O-])c1ccccc1. The normalized spacial score (nSPS) is 11.9. The highest BCUT2D eigenvalue weighted by atomic mass is 32.2. The van der Waals surface area contributed by atoms with Crippen molar-refractivity contribution in [2.75, 3.05) is 12.3 Å². The Morgan fingerprint density at radius 3 is 2.33 bits per heavy atom. The molecule has 7 nitrogen and oxygen atoms in total. The van der Waals surface area contributed by atoms with Gasteiger partial charge in [0, 0.05) is 10.7 Å². The molecule has 1 aromatic heterocycles. The van der Waals surface area contributed by atoms with E-state index in [1.807, 2.05) is 36.4 Å². The number of H-pyrrole nitrogens is 1. The fraction of sp³-hybridized carbons (Fsp3) is 0.158. The lowest BCUT2D eigenvalue weighted by Gasteiger charge is -2.15. The molecule has 3 N–H and O–H groups in total. The van der Waals surface area contributed by atoms with Gasteiger partial charge in [0.2, 0.25) is 6.54 Å². The van der Waals surface area contributed by atoms with E-state index in [0.29, 0.717) is 16.5 Å². The second kappa shape index (κ2) is 8.50. The molecule has 2 aromatic carbocycles. The summed E-state index contributed by atoms with van der Waals surface area (Å²) in [6, 6.07) is 18.6. The number of thioether (sulfide) groups is 1. The lowest BCUT2D eigenvalue weighted by Crippen LogP contribution is -2.26. The Bertz CT molecular complexity index is 977. The number of anilines is 1. The molecule has 0 aliphatic heterocycles. The van der Waals surface area contributed by atoms with Crippen LogP contribution in [0.25, 0.3) is 0 Å². The fourth-order valence-corrected chi connectivity index (χ4v) is 3.63. The third kappa shape index (κ3) is 4.73. The summed E-state index contributed by atoms with van der Waals surface area (Å²) in [6.07, 6.45) is 0. The zero-order chi connectivity index (χ0) is 19.2. The average Bonchev–Trinajstić information content (AvgIpc) is 2.66. The molecule has 0 aliphatic carbocycles. The number of hydrogen-bond donors (Lipinski definition) is 2. The number of rotatable bonds is 7. The van der Waals surface area contributed by atoms with Gasteiger partial charge in [-0.3, -0.25) is 14.9 Å². The number of benzene rings is 2. The first-order chi connectivity index (χ1) is 13.0. The minimum Gasteiger partial charge on any atom is -0.383 e. The topological polar surface area (TPSA) is 115 Å². The first kappa shape index (κ1) is 18.7. The van der Waals surface area contributed by atoms with E-state index in [0.717, 1.165) is 5.56 Å². The summed E-state index contributed by atoms with van der Waals surface area (Å²) >= 11 is 1.35. The molecule has 0 fully saturated rings. The van der Waals surface area contributed by atoms with Crippen LogP contribution in [0.15, 0.2) is 70.6 Å². The Balaban J connectivity index is 1.90. The number of hydrogen-bond acceptors (Lipinski definition) is 6. The fourth-order valence-electron chi connectivity index (χ4n) is 2.81. The highest BCUT2D eigenvalue weighted by Gasteiger charge is 2.26. The monoisotopic (exact) mass is 382 g/mol. The maximum Gasteiger partial charge on any atom is 0.257 e. The van der Waals surface area contributed by atoms with Crippen LogP contribution in [0, 0.1) is 10.1 Å². The second-order valence-corrected chi connectivity index (χ2v) is 6.89. The number of aromatic amines is 1. The van der Waals surface area contributed by atoms with Crippen LogP contribution >= 0.6 is 11.8 Å². The van der Waals surface area contributed by atoms with Gasteiger partial charge < -0.3 is 10.7 Å². The molecule has 0 aliphatic rings. The lowest BCUT2D eigenvalue weighted by atomic mass is 9.92. The molecule has 0 spiro atoms. The Morgan fingerprint density at radius 2 is 1.74 bits per heavy atom. The summed E-state index contributed by atoms with van der Waals surface area (Å²) in [7, 11) is 0. The molecule has 0 amide bonds. The first-order valence-corrected chi connectivity index (χ1v) is 9.26. The van der Waals surface area contributed by atoms with Crippen LogP contribution < -0.4 is 11.3 Å². The van der Waals surface area contributed by atoms with Gasteiger partial charge in [0.25, 0.3) is 5.56 Å². The second-order valence-electron chi connectivity index (χ2n) is 5.92. The quantitative estimate of drug-likeness (QED) is 0.281. The van der Waals surface area contributed by atoms with Crippen LogP contribution in [0.1, 0.15) is 22.6 Å². The van der Waals surface area contributed by atoms with Crippen LogP contribution in [-0.4, -0.2) is 21.4 Å². The molecule has 1 atom stereocenters. The van der Waals surface area contributed by atoms with E-state index in [1.165, 1.54) is 11.8 Å². The van der Waals surface area contributed by atoms with Crippen molar-refractivity contribution < 1.29 is 4.92 Å². The van der Waals surface area contributed by atoms with Crippen molar-refractivity contribution in [3.63, 3.8) is 0 Å². The number of nitro groups is 1. The van der Waals surface area contributed by atoms with Crippen molar-refractivity contribution >= 4 is 17.6 Å². The van der Waals surface area contributed by atoms with Crippen LogP contribution in [0.3, 0.4) is 0 Å². The predicted molar refractivity (Wildman–Crippen MR) is 105 cm³/mol. The number of aromatic nitrogens is 2. The van der Waals surface area contributed by atoms with Gasteiger partial charge in [0.05, 0.1) is 11.5 Å². The van der Waals surface area contributed by atoms with Crippen LogP contribution in [0.4, 0.5) is 5.82 Å². The van der Waals surface area contributed by atoms with Crippen LogP contribution in [-0.2, 0) is 5.75 Å². The van der Waals surface area contributed by atoms with Gasteiger partial charge in [-0.05, 0) is 11.1 Å². The molecule has 138 valence electrons. The maximum atomic E-state index is 12.7. The Labute approximate surface area is 159 Å². The third-order valence-corrected chi connectivity index (χ3v) is 5.01. The standard InChI is InChI=1S/C19H18N4O3S/c20-17-16(15(11-23(25)26)14-9-5-2-6-10-14)18(24)22-19(21-17)27-12-13-7-3-1-4-8-13/h1-10,15H,11-12H2,(H3,20,21,22,24). The van der Waals surface area contributed by atoms with E-state index in [9.17, 15) is 14.9 Å². The molecule has 0 saturated carbocycles. The summed E-state index contributed by atoms with van der Waals surface area (Å²) < 4.78 is 0. The number of nitrogens with two attached hydrogens (primary N) is 1. The number of nitrogens with zero attached hydrogens (tertiary/aromatic N) is 2. The van der Waals surface area contributed by atoms with E-state index in [2.05, 4.69) is 9.97 Å². The molecule has 1 unspecified atom stereocenters. The van der Waals surface area contributed by atoms with Crippen LogP contribution in [0.2, 0.25) is 0 Å². The van der Waals surface area contributed by atoms with Gasteiger partial charge in [-0.25, -0.2) is 4.98 Å². The molecule has 0 radical (unpaired) electrons. The molecular weight excluding hydrogens is 364 g/mol. The molecule has 3 rings (SSSR count). The molecule has 27 heavy (non-hydrogen) atoms. The maximum absolute atomic E-state index is 12.7. The average molecular weight is 382 g/mol. The minimum absolute atomic E-state index is 0.0185. The molecule has 1 heterocycles. The van der Waals surface area contributed by atoms with Crippen molar-refractivity contribution in [3.8, 4) is 0 Å². The number of nitrogens with one attached hydrogen (secondary N) is 1. The third-order valence-electron chi connectivity index (χ3n) is 4.06. The molecule has 0 bridgehead atoms. The van der Waals surface area contributed by atoms with Crippen molar-refractivity contribution in [3.05, 3.63) is 97.8 Å².